The largest absolute Gasteiger partial charge is 0.468 e. The lowest BCUT2D eigenvalue weighted by atomic mass is 10.2. The SMILES string of the molecule is C1=COC(c2ccccc2)OC1. The third kappa shape index (κ3) is 1.48. The van der Waals surface area contributed by atoms with Gasteiger partial charge in [0.1, 0.15) is 0 Å². The molecule has 0 aromatic heterocycles. The van der Waals surface area contributed by atoms with E-state index in [1.54, 1.807) is 6.26 Å². The molecular weight excluding hydrogens is 152 g/mol. The molecule has 2 heteroatoms. The third-order valence-electron chi connectivity index (χ3n) is 1.71. The van der Waals surface area contributed by atoms with Gasteiger partial charge in [-0.1, -0.05) is 30.3 Å². The van der Waals surface area contributed by atoms with Crippen LogP contribution in [0.1, 0.15) is 11.9 Å². The van der Waals surface area contributed by atoms with Crippen molar-refractivity contribution >= 4 is 0 Å². The normalized spacial score (nSPS) is 21.8. The second-order valence-corrected chi connectivity index (χ2v) is 2.58. The molecular formula is C10H10O2. The molecule has 2 rings (SSSR count). The Morgan fingerprint density at radius 2 is 2.00 bits per heavy atom. The van der Waals surface area contributed by atoms with Crippen LogP contribution in [0.15, 0.2) is 42.7 Å². The third-order valence-corrected chi connectivity index (χ3v) is 1.71. The van der Waals surface area contributed by atoms with Crippen molar-refractivity contribution in [3.8, 4) is 0 Å². The van der Waals surface area contributed by atoms with Crippen LogP contribution in [0.2, 0.25) is 0 Å². The molecule has 1 atom stereocenters. The van der Waals surface area contributed by atoms with Crippen molar-refractivity contribution < 1.29 is 9.47 Å². The van der Waals surface area contributed by atoms with E-state index in [1.807, 2.05) is 36.4 Å². The van der Waals surface area contributed by atoms with Crippen LogP contribution in [0.3, 0.4) is 0 Å². The maximum Gasteiger partial charge on any atom is 0.226 e. The lowest BCUT2D eigenvalue weighted by Gasteiger charge is -2.19. The minimum absolute atomic E-state index is 0.226. The summed E-state index contributed by atoms with van der Waals surface area (Å²) >= 11 is 0. The molecule has 1 unspecified atom stereocenters. The first-order valence-corrected chi connectivity index (χ1v) is 3.94. The zero-order valence-corrected chi connectivity index (χ0v) is 6.64. The molecule has 0 bridgehead atoms. The van der Waals surface area contributed by atoms with E-state index in [2.05, 4.69) is 0 Å². The Bertz CT molecular complexity index is 266. The summed E-state index contributed by atoms with van der Waals surface area (Å²) in [6.45, 7) is 0.625. The van der Waals surface area contributed by atoms with Crippen LogP contribution in [-0.2, 0) is 9.47 Å². The Kier molecular flexibility index (Phi) is 2.10. The van der Waals surface area contributed by atoms with Gasteiger partial charge < -0.3 is 9.47 Å². The Morgan fingerprint density at radius 3 is 2.67 bits per heavy atom. The summed E-state index contributed by atoms with van der Waals surface area (Å²) < 4.78 is 10.6. The highest BCUT2D eigenvalue weighted by Gasteiger charge is 2.12. The van der Waals surface area contributed by atoms with Gasteiger partial charge in [0.05, 0.1) is 12.9 Å². The summed E-state index contributed by atoms with van der Waals surface area (Å²) in [6, 6.07) is 9.90. The van der Waals surface area contributed by atoms with Gasteiger partial charge in [0.2, 0.25) is 6.29 Å². The van der Waals surface area contributed by atoms with Crippen LogP contribution in [-0.4, -0.2) is 6.61 Å². The number of rotatable bonds is 1. The average molecular weight is 162 g/mol. The van der Waals surface area contributed by atoms with E-state index < -0.39 is 0 Å². The molecule has 0 amide bonds. The van der Waals surface area contributed by atoms with Crippen molar-refractivity contribution in [3.05, 3.63) is 48.2 Å². The van der Waals surface area contributed by atoms with Gasteiger partial charge in [0.15, 0.2) is 0 Å². The Labute approximate surface area is 71.4 Å². The fourth-order valence-electron chi connectivity index (χ4n) is 1.13. The Morgan fingerprint density at radius 1 is 1.17 bits per heavy atom. The molecule has 0 N–H and O–H groups in total. The first-order chi connectivity index (χ1) is 5.97. The van der Waals surface area contributed by atoms with Gasteiger partial charge in [-0.25, -0.2) is 0 Å². The highest BCUT2D eigenvalue weighted by atomic mass is 16.7. The molecule has 0 aliphatic carbocycles. The smallest absolute Gasteiger partial charge is 0.226 e. The van der Waals surface area contributed by atoms with E-state index in [0.717, 1.165) is 5.56 Å². The zero-order valence-electron chi connectivity index (χ0n) is 6.64. The number of ether oxygens (including phenoxy) is 2. The first kappa shape index (κ1) is 7.37. The van der Waals surface area contributed by atoms with Crippen LogP contribution < -0.4 is 0 Å². The van der Waals surface area contributed by atoms with E-state index in [-0.39, 0.29) is 6.29 Å². The molecule has 1 heterocycles. The fourth-order valence-corrected chi connectivity index (χ4v) is 1.13. The predicted molar refractivity (Wildman–Crippen MR) is 45.4 cm³/mol. The highest BCUT2D eigenvalue weighted by molar-refractivity contribution is 5.16. The van der Waals surface area contributed by atoms with Crippen molar-refractivity contribution in [1.29, 1.82) is 0 Å². The van der Waals surface area contributed by atoms with Crippen LogP contribution in [0.4, 0.5) is 0 Å². The molecule has 0 fully saturated rings. The van der Waals surface area contributed by atoms with E-state index >= 15 is 0 Å². The van der Waals surface area contributed by atoms with Crippen molar-refractivity contribution in [2.24, 2.45) is 0 Å². The summed E-state index contributed by atoms with van der Waals surface area (Å²) in [6.07, 6.45) is 3.30. The van der Waals surface area contributed by atoms with E-state index in [0.29, 0.717) is 6.61 Å². The molecule has 0 saturated carbocycles. The summed E-state index contributed by atoms with van der Waals surface area (Å²) in [4.78, 5) is 0. The first-order valence-electron chi connectivity index (χ1n) is 3.94. The highest BCUT2D eigenvalue weighted by Crippen LogP contribution is 2.20. The molecule has 0 saturated heterocycles. The quantitative estimate of drug-likeness (QED) is 0.630. The second-order valence-electron chi connectivity index (χ2n) is 2.58. The van der Waals surface area contributed by atoms with E-state index in [4.69, 9.17) is 9.47 Å². The minimum atomic E-state index is -0.226. The molecule has 1 aliphatic heterocycles. The number of hydrogen-bond acceptors (Lipinski definition) is 2. The Hall–Kier alpha value is -1.28. The van der Waals surface area contributed by atoms with Crippen molar-refractivity contribution in [3.63, 3.8) is 0 Å². The predicted octanol–water partition coefficient (Wildman–Crippen LogP) is 2.25. The van der Waals surface area contributed by atoms with Gasteiger partial charge in [0, 0.05) is 5.56 Å². The van der Waals surface area contributed by atoms with Gasteiger partial charge in [-0.15, -0.1) is 0 Å². The maximum atomic E-state index is 5.35. The van der Waals surface area contributed by atoms with Gasteiger partial charge in [0.25, 0.3) is 0 Å². The molecule has 1 aliphatic rings. The monoisotopic (exact) mass is 162 g/mol. The lowest BCUT2D eigenvalue weighted by molar-refractivity contribution is -0.114. The maximum absolute atomic E-state index is 5.35. The van der Waals surface area contributed by atoms with Gasteiger partial charge in [-0.2, -0.15) is 0 Å². The summed E-state index contributed by atoms with van der Waals surface area (Å²) in [5.41, 5.74) is 1.06. The van der Waals surface area contributed by atoms with Gasteiger partial charge >= 0.3 is 0 Å². The van der Waals surface area contributed by atoms with Crippen LogP contribution in [0, 0.1) is 0 Å². The standard InChI is InChI=1S/C10H10O2/c1-2-5-9(6-3-1)10-11-7-4-8-12-10/h1-7,10H,8H2. The van der Waals surface area contributed by atoms with Crippen molar-refractivity contribution in [2.75, 3.05) is 6.61 Å². The number of benzene rings is 1. The molecule has 2 nitrogen and oxygen atoms in total. The molecule has 62 valence electrons. The summed E-state index contributed by atoms with van der Waals surface area (Å²) in [5, 5.41) is 0. The van der Waals surface area contributed by atoms with Gasteiger partial charge in [-0.3, -0.25) is 0 Å². The van der Waals surface area contributed by atoms with Crippen molar-refractivity contribution in [2.45, 2.75) is 6.29 Å². The van der Waals surface area contributed by atoms with Gasteiger partial charge in [-0.05, 0) is 6.08 Å². The topological polar surface area (TPSA) is 18.5 Å². The zero-order chi connectivity index (χ0) is 8.23. The van der Waals surface area contributed by atoms with E-state index in [9.17, 15) is 0 Å². The minimum Gasteiger partial charge on any atom is -0.468 e. The number of hydrogen-bond donors (Lipinski definition) is 0. The summed E-state index contributed by atoms with van der Waals surface area (Å²) in [5.74, 6) is 0. The summed E-state index contributed by atoms with van der Waals surface area (Å²) in [7, 11) is 0. The van der Waals surface area contributed by atoms with Crippen LogP contribution >= 0.6 is 0 Å². The van der Waals surface area contributed by atoms with Crippen molar-refractivity contribution in [1.82, 2.24) is 0 Å². The second kappa shape index (κ2) is 3.41. The molecule has 12 heavy (non-hydrogen) atoms. The van der Waals surface area contributed by atoms with Crippen LogP contribution in [0.5, 0.6) is 0 Å². The average Bonchev–Trinajstić information content (AvgIpc) is 2.21. The Balaban J connectivity index is 2.15. The lowest BCUT2D eigenvalue weighted by Crippen LogP contribution is -2.09. The molecule has 1 aromatic carbocycles. The molecule has 1 aromatic rings. The molecule has 0 spiro atoms. The molecule has 0 radical (unpaired) electrons. The van der Waals surface area contributed by atoms with Crippen LogP contribution in [0.25, 0.3) is 0 Å². The van der Waals surface area contributed by atoms with E-state index in [1.165, 1.54) is 0 Å². The fraction of sp³-hybridized carbons (Fsp3) is 0.200.